The van der Waals surface area contributed by atoms with Crippen molar-refractivity contribution >= 4 is 51.2 Å². The lowest BCUT2D eigenvalue weighted by molar-refractivity contribution is 0.670. The highest BCUT2D eigenvalue weighted by Gasteiger charge is 2.40. The lowest BCUT2D eigenvalue weighted by Gasteiger charge is -2.19. The van der Waals surface area contributed by atoms with Crippen molar-refractivity contribution in [3.8, 4) is 67.5 Å². The second-order valence-corrected chi connectivity index (χ2v) is 19.5. The number of para-hydroxylation sites is 1. The third kappa shape index (κ3) is 5.16. The van der Waals surface area contributed by atoms with Crippen LogP contribution < -0.4 is 10.4 Å². The first-order valence-corrected chi connectivity index (χ1v) is 22.1. The Labute approximate surface area is 325 Å². The molecule has 8 aromatic carbocycles. The first-order valence-electron chi connectivity index (χ1n) is 19.1. The number of fused-ring (bicyclic) bond motifs is 8. The quantitative estimate of drug-likeness (QED) is 0.165. The maximum absolute atomic E-state index is 6.84. The van der Waals surface area contributed by atoms with Gasteiger partial charge in [0.05, 0.1) is 0 Å². The summed E-state index contributed by atoms with van der Waals surface area (Å²) in [5, 5.41) is 7.31. The molecule has 0 aliphatic carbocycles. The van der Waals surface area contributed by atoms with E-state index in [-0.39, 0.29) is 0 Å². The number of aromatic nitrogens is 3. The number of benzene rings is 8. The fourth-order valence-corrected chi connectivity index (χ4v) is 11.7. The van der Waals surface area contributed by atoms with Gasteiger partial charge in [-0.2, -0.15) is 0 Å². The molecule has 0 N–H and O–H groups in total. The van der Waals surface area contributed by atoms with Gasteiger partial charge in [-0.1, -0.05) is 165 Å². The van der Waals surface area contributed by atoms with Gasteiger partial charge in [-0.25, -0.2) is 15.0 Å². The normalized spacial score (nSPS) is 13.0. The molecule has 0 radical (unpaired) electrons. The molecule has 5 heteroatoms. The Kier molecular flexibility index (Phi) is 7.28. The van der Waals surface area contributed by atoms with Crippen molar-refractivity contribution in [3.05, 3.63) is 176 Å². The number of furan rings is 1. The Bertz CT molecular complexity index is 3170. The zero-order chi connectivity index (χ0) is 37.4. The Morgan fingerprint density at radius 3 is 1.88 bits per heavy atom. The molecule has 3 heterocycles. The smallest absolute Gasteiger partial charge is 0.164 e. The Morgan fingerprint density at radius 2 is 1.02 bits per heavy atom. The van der Waals surface area contributed by atoms with Gasteiger partial charge in [0.2, 0.25) is 0 Å². The van der Waals surface area contributed by atoms with E-state index in [0.29, 0.717) is 17.5 Å². The van der Waals surface area contributed by atoms with Crippen molar-refractivity contribution in [2.45, 2.75) is 13.1 Å². The zero-order valence-corrected chi connectivity index (χ0v) is 32.0. The van der Waals surface area contributed by atoms with E-state index in [4.69, 9.17) is 19.4 Å². The van der Waals surface area contributed by atoms with Crippen LogP contribution in [0.3, 0.4) is 0 Å². The molecule has 56 heavy (non-hydrogen) atoms. The summed E-state index contributed by atoms with van der Waals surface area (Å²) >= 11 is 0. The SMILES string of the molecule is C[Si]1(C)c2ccccc2-c2c1cc(-c1nc(-c3ccc(-c4ccc5ccccc5c4)cc3)nc(-c3cccc(-c4ccccc4)c3)n1)c1c2oc2ccccc21. The van der Waals surface area contributed by atoms with Gasteiger partial charge in [0, 0.05) is 33.0 Å². The summed E-state index contributed by atoms with van der Waals surface area (Å²) < 4.78 is 6.84. The highest BCUT2D eigenvalue weighted by Crippen LogP contribution is 2.43. The van der Waals surface area contributed by atoms with Crippen LogP contribution in [0.15, 0.2) is 180 Å². The number of hydrogen-bond acceptors (Lipinski definition) is 4. The van der Waals surface area contributed by atoms with Gasteiger partial charge in [0.25, 0.3) is 0 Å². The summed E-state index contributed by atoms with van der Waals surface area (Å²) in [5.74, 6) is 1.89. The van der Waals surface area contributed by atoms with Gasteiger partial charge in [-0.15, -0.1) is 0 Å². The third-order valence-electron chi connectivity index (χ3n) is 11.5. The minimum Gasteiger partial charge on any atom is -0.455 e. The van der Waals surface area contributed by atoms with Gasteiger partial charge in [0.15, 0.2) is 17.5 Å². The Hall–Kier alpha value is -6.95. The third-order valence-corrected chi connectivity index (χ3v) is 15.0. The summed E-state index contributed by atoms with van der Waals surface area (Å²) in [4.78, 5) is 15.9. The topological polar surface area (TPSA) is 51.8 Å². The van der Waals surface area contributed by atoms with Crippen LogP contribution in [0.5, 0.6) is 0 Å². The first-order chi connectivity index (χ1) is 27.5. The monoisotopic (exact) mass is 733 g/mol. The van der Waals surface area contributed by atoms with Crippen molar-refractivity contribution in [3.63, 3.8) is 0 Å². The molecule has 0 unspecified atom stereocenters. The maximum Gasteiger partial charge on any atom is 0.164 e. The summed E-state index contributed by atoms with van der Waals surface area (Å²) in [6.45, 7) is 4.87. The number of nitrogens with zero attached hydrogens (tertiary/aromatic N) is 3. The number of hydrogen-bond donors (Lipinski definition) is 0. The molecule has 0 bridgehead atoms. The van der Waals surface area contributed by atoms with E-state index >= 15 is 0 Å². The van der Waals surface area contributed by atoms with E-state index in [1.165, 1.54) is 37.8 Å². The minimum atomic E-state index is -2.10. The van der Waals surface area contributed by atoms with Crippen LogP contribution in [0.4, 0.5) is 0 Å². The van der Waals surface area contributed by atoms with Gasteiger partial charge in [-0.05, 0) is 73.2 Å². The van der Waals surface area contributed by atoms with Gasteiger partial charge >= 0.3 is 0 Å². The summed E-state index contributed by atoms with van der Waals surface area (Å²) in [7, 11) is -2.10. The number of rotatable bonds is 5. The molecule has 1 aliphatic heterocycles. The van der Waals surface area contributed by atoms with E-state index in [1.54, 1.807) is 0 Å². The Balaban J connectivity index is 1.14. The lowest BCUT2D eigenvalue weighted by Crippen LogP contribution is -2.49. The van der Waals surface area contributed by atoms with Crippen LogP contribution in [0.2, 0.25) is 13.1 Å². The van der Waals surface area contributed by atoms with Gasteiger partial charge in [-0.3, -0.25) is 0 Å². The summed E-state index contributed by atoms with van der Waals surface area (Å²) in [6.07, 6.45) is 0. The van der Waals surface area contributed by atoms with E-state index in [9.17, 15) is 0 Å². The van der Waals surface area contributed by atoms with Crippen molar-refractivity contribution in [2.75, 3.05) is 0 Å². The molecular formula is C51H35N3OSi. The lowest BCUT2D eigenvalue weighted by atomic mass is 9.98. The summed E-state index contributed by atoms with van der Waals surface area (Å²) in [5.41, 5.74) is 11.6. The van der Waals surface area contributed by atoms with Crippen molar-refractivity contribution in [1.29, 1.82) is 0 Å². The molecule has 264 valence electrons. The summed E-state index contributed by atoms with van der Waals surface area (Å²) in [6, 6.07) is 62.2. The largest absolute Gasteiger partial charge is 0.455 e. The Morgan fingerprint density at radius 1 is 0.411 bits per heavy atom. The molecule has 0 amide bonds. The molecule has 1 aliphatic rings. The predicted octanol–water partition coefficient (Wildman–Crippen LogP) is 12.1. The van der Waals surface area contributed by atoms with Crippen LogP contribution in [0.1, 0.15) is 0 Å². The molecular weight excluding hydrogens is 699 g/mol. The van der Waals surface area contributed by atoms with Crippen LogP contribution in [-0.2, 0) is 0 Å². The zero-order valence-electron chi connectivity index (χ0n) is 31.0. The molecule has 0 spiro atoms. The average Bonchev–Trinajstić information content (AvgIpc) is 3.76. The molecule has 11 rings (SSSR count). The van der Waals surface area contributed by atoms with E-state index in [2.05, 4.69) is 177 Å². The van der Waals surface area contributed by atoms with Gasteiger partial charge < -0.3 is 4.42 Å². The minimum absolute atomic E-state index is 0.626. The van der Waals surface area contributed by atoms with Crippen LogP contribution in [-0.4, -0.2) is 23.0 Å². The van der Waals surface area contributed by atoms with Crippen LogP contribution >= 0.6 is 0 Å². The van der Waals surface area contributed by atoms with E-state index in [1.807, 2.05) is 12.1 Å². The predicted molar refractivity (Wildman–Crippen MR) is 234 cm³/mol. The standard InChI is InChI=1S/C51H35N3OSi/c1-56(2)44-22-11-9-20-41(44)47-45(56)31-42(46-40-19-8-10-21-43(40)55-48(46)47)51-53-49(52-50(54-51)39-18-12-17-37(30-39)32-13-4-3-5-14-32)35-26-23-34(24-27-35)38-28-25-33-15-6-7-16-36(33)29-38/h3-31H,1-2H3. The molecule has 0 fully saturated rings. The second-order valence-electron chi connectivity index (χ2n) is 15.2. The molecule has 10 aromatic rings. The fourth-order valence-electron chi connectivity index (χ4n) is 8.63. The van der Waals surface area contributed by atoms with Crippen molar-refractivity contribution < 1.29 is 4.42 Å². The average molecular weight is 734 g/mol. The highest BCUT2D eigenvalue weighted by atomic mass is 28.3. The molecule has 2 aromatic heterocycles. The maximum atomic E-state index is 6.84. The molecule has 4 nitrogen and oxygen atoms in total. The van der Waals surface area contributed by atoms with Crippen molar-refractivity contribution in [1.82, 2.24) is 15.0 Å². The first kappa shape index (κ1) is 32.5. The highest BCUT2D eigenvalue weighted by molar-refractivity contribution is 7.04. The molecule has 0 saturated heterocycles. The van der Waals surface area contributed by atoms with E-state index < -0.39 is 8.07 Å². The fraction of sp³-hybridized carbons (Fsp3) is 0.0392. The second kappa shape index (κ2) is 12.6. The van der Waals surface area contributed by atoms with Crippen LogP contribution in [0.25, 0.3) is 100 Å². The van der Waals surface area contributed by atoms with E-state index in [0.717, 1.165) is 55.3 Å². The van der Waals surface area contributed by atoms with Crippen LogP contribution in [0, 0.1) is 0 Å². The molecule has 0 atom stereocenters. The molecule has 0 saturated carbocycles. The van der Waals surface area contributed by atoms with Gasteiger partial charge in [0.1, 0.15) is 19.2 Å². The van der Waals surface area contributed by atoms with Crippen molar-refractivity contribution in [2.24, 2.45) is 0 Å².